The lowest BCUT2D eigenvalue weighted by atomic mass is 9.33. The Bertz CT molecular complexity index is 2050. The monoisotopic (exact) mass is 523 g/mol. The van der Waals surface area contributed by atoms with Gasteiger partial charge < -0.3 is 4.90 Å². The molecular formula is C39H30BN. The zero-order valence-electron chi connectivity index (χ0n) is 23.6. The molecule has 1 aliphatic rings. The largest absolute Gasteiger partial charge is 0.311 e. The minimum absolute atomic E-state index is 0.131. The van der Waals surface area contributed by atoms with Crippen molar-refractivity contribution in [3.8, 4) is 0 Å². The third-order valence-corrected chi connectivity index (χ3v) is 8.91. The molecule has 41 heavy (non-hydrogen) atoms. The molecule has 0 aromatic heterocycles. The van der Waals surface area contributed by atoms with Crippen LogP contribution in [0.25, 0.3) is 32.3 Å². The Morgan fingerprint density at radius 1 is 0.439 bits per heavy atom. The summed E-state index contributed by atoms with van der Waals surface area (Å²) in [5.41, 5.74) is 11.8. The number of hydrogen-bond donors (Lipinski definition) is 0. The Kier molecular flexibility index (Phi) is 5.34. The SMILES string of the molecule is Cc1cc(C)c(B2c3cc4ccccc4cc3N(c3ccc4ccccc4c3)c3cc4ccccc4cc32)c(C)c1. The van der Waals surface area contributed by atoms with Crippen molar-refractivity contribution in [2.75, 3.05) is 4.90 Å². The van der Waals surface area contributed by atoms with E-state index in [1.54, 1.807) is 0 Å². The topological polar surface area (TPSA) is 3.24 Å². The van der Waals surface area contributed by atoms with Crippen LogP contribution in [0.5, 0.6) is 0 Å². The van der Waals surface area contributed by atoms with Gasteiger partial charge in [0.1, 0.15) is 0 Å². The van der Waals surface area contributed by atoms with Crippen LogP contribution in [0.4, 0.5) is 17.1 Å². The van der Waals surface area contributed by atoms with Crippen molar-refractivity contribution in [3.63, 3.8) is 0 Å². The molecule has 0 saturated heterocycles. The maximum absolute atomic E-state index is 2.51. The molecule has 7 aromatic rings. The fraction of sp³-hybridized carbons (Fsp3) is 0.0769. The molecule has 0 bridgehead atoms. The van der Waals surface area contributed by atoms with Crippen LogP contribution in [0, 0.1) is 20.8 Å². The molecule has 0 saturated carbocycles. The first-order valence-electron chi connectivity index (χ1n) is 14.5. The molecule has 0 radical (unpaired) electrons. The summed E-state index contributed by atoms with van der Waals surface area (Å²) in [6, 6.07) is 47.5. The minimum Gasteiger partial charge on any atom is -0.311 e. The lowest BCUT2D eigenvalue weighted by Gasteiger charge is -2.38. The fourth-order valence-electron chi connectivity index (χ4n) is 7.19. The molecule has 0 aliphatic carbocycles. The van der Waals surface area contributed by atoms with Gasteiger partial charge in [-0.05, 0) is 88.3 Å². The molecule has 7 aromatic carbocycles. The van der Waals surface area contributed by atoms with Crippen LogP contribution in [-0.4, -0.2) is 6.71 Å². The summed E-state index contributed by atoms with van der Waals surface area (Å²) < 4.78 is 0. The zero-order valence-corrected chi connectivity index (χ0v) is 23.6. The first kappa shape index (κ1) is 24.0. The average Bonchev–Trinajstić information content (AvgIpc) is 2.98. The van der Waals surface area contributed by atoms with Gasteiger partial charge in [0, 0.05) is 17.1 Å². The molecule has 1 heterocycles. The van der Waals surface area contributed by atoms with Crippen molar-refractivity contribution >= 4 is 72.5 Å². The van der Waals surface area contributed by atoms with Crippen LogP contribution in [0.2, 0.25) is 0 Å². The fourth-order valence-corrected chi connectivity index (χ4v) is 7.19. The summed E-state index contributed by atoms with van der Waals surface area (Å²) in [4.78, 5) is 2.51. The number of benzene rings is 7. The maximum Gasteiger partial charge on any atom is 0.247 e. The Hall–Kier alpha value is -4.82. The predicted molar refractivity (Wildman–Crippen MR) is 179 cm³/mol. The average molecular weight is 523 g/mol. The highest BCUT2D eigenvalue weighted by Gasteiger charge is 2.37. The van der Waals surface area contributed by atoms with E-state index in [-0.39, 0.29) is 6.71 Å². The summed E-state index contributed by atoms with van der Waals surface area (Å²) >= 11 is 0. The third-order valence-electron chi connectivity index (χ3n) is 8.91. The highest BCUT2D eigenvalue weighted by Crippen LogP contribution is 2.40. The summed E-state index contributed by atoms with van der Waals surface area (Å²) in [5, 5.41) is 7.59. The van der Waals surface area contributed by atoms with Gasteiger partial charge in [0.2, 0.25) is 6.71 Å². The van der Waals surface area contributed by atoms with E-state index in [0.717, 1.165) is 0 Å². The summed E-state index contributed by atoms with van der Waals surface area (Å²) in [5.74, 6) is 0. The molecule has 0 N–H and O–H groups in total. The Morgan fingerprint density at radius 3 is 1.39 bits per heavy atom. The van der Waals surface area contributed by atoms with Gasteiger partial charge in [-0.2, -0.15) is 0 Å². The van der Waals surface area contributed by atoms with E-state index in [1.807, 2.05) is 0 Å². The molecule has 8 rings (SSSR count). The van der Waals surface area contributed by atoms with E-state index in [4.69, 9.17) is 0 Å². The Balaban J connectivity index is 1.51. The number of fused-ring (bicyclic) bond motifs is 5. The molecule has 0 atom stereocenters. The van der Waals surface area contributed by atoms with Gasteiger partial charge >= 0.3 is 0 Å². The lowest BCUT2D eigenvalue weighted by Crippen LogP contribution is -2.58. The van der Waals surface area contributed by atoms with Crippen LogP contribution >= 0.6 is 0 Å². The normalized spacial score (nSPS) is 12.7. The van der Waals surface area contributed by atoms with Crippen LogP contribution in [-0.2, 0) is 0 Å². The molecule has 194 valence electrons. The first-order valence-corrected chi connectivity index (χ1v) is 14.5. The number of anilines is 3. The van der Waals surface area contributed by atoms with Crippen LogP contribution in [0.15, 0.2) is 127 Å². The van der Waals surface area contributed by atoms with E-state index >= 15 is 0 Å². The van der Waals surface area contributed by atoms with Gasteiger partial charge in [-0.1, -0.05) is 125 Å². The molecule has 0 fully saturated rings. The number of aryl methyl sites for hydroxylation is 3. The van der Waals surface area contributed by atoms with Gasteiger partial charge in [0.05, 0.1) is 0 Å². The quantitative estimate of drug-likeness (QED) is 0.206. The maximum atomic E-state index is 2.51. The second kappa shape index (κ2) is 9.11. The van der Waals surface area contributed by atoms with E-state index in [2.05, 4.69) is 153 Å². The summed E-state index contributed by atoms with van der Waals surface area (Å²) in [7, 11) is 0. The molecule has 0 unspecified atom stereocenters. The second-order valence-corrected chi connectivity index (χ2v) is 11.6. The smallest absolute Gasteiger partial charge is 0.247 e. The van der Waals surface area contributed by atoms with Crippen molar-refractivity contribution < 1.29 is 0 Å². The van der Waals surface area contributed by atoms with Crippen molar-refractivity contribution in [1.82, 2.24) is 0 Å². The van der Waals surface area contributed by atoms with Crippen molar-refractivity contribution in [1.29, 1.82) is 0 Å². The van der Waals surface area contributed by atoms with Gasteiger partial charge in [-0.25, -0.2) is 0 Å². The first-order chi connectivity index (χ1) is 20.0. The molecule has 2 heteroatoms. The van der Waals surface area contributed by atoms with Crippen LogP contribution in [0.1, 0.15) is 16.7 Å². The van der Waals surface area contributed by atoms with Gasteiger partial charge in [-0.3, -0.25) is 0 Å². The second-order valence-electron chi connectivity index (χ2n) is 11.6. The zero-order chi connectivity index (χ0) is 27.7. The van der Waals surface area contributed by atoms with E-state index in [1.165, 1.54) is 82.5 Å². The standard InChI is InChI=1S/C39H30BN/c1-25-18-26(2)39(27(3)19-25)40-35-21-30-12-6-8-14-32(30)23-37(35)41(34-17-16-28-10-4-5-11-29(28)20-34)38-24-33-15-9-7-13-31(33)22-36(38)40/h4-24H,1-3H3. The van der Waals surface area contributed by atoms with E-state index in [9.17, 15) is 0 Å². The summed E-state index contributed by atoms with van der Waals surface area (Å²) in [6.07, 6.45) is 0. The van der Waals surface area contributed by atoms with Crippen molar-refractivity contribution in [2.45, 2.75) is 20.8 Å². The van der Waals surface area contributed by atoms with Gasteiger partial charge in [0.15, 0.2) is 0 Å². The van der Waals surface area contributed by atoms with Crippen LogP contribution in [0.3, 0.4) is 0 Å². The molecule has 1 nitrogen and oxygen atoms in total. The van der Waals surface area contributed by atoms with Gasteiger partial charge in [0.25, 0.3) is 0 Å². The van der Waals surface area contributed by atoms with E-state index in [0.29, 0.717) is 0 Å². The number of rotatable bonds is 2. The highest BCUT2D eigenvalue weighted by atomic mass is 15.1. The molecule has 0 spiro atoms. The Morgan fingerprint density at radius 2 is 0.878 bits per heavy atom. The number of hydrogen-bond acceptors (Lipinski definition) is 1. The third kappa shape index (κ3) is 3.78. The molecular weight excluding hydrogens is 493 g/mol. The number of nitrogens with zero attached hydrogens (tertiary/aromatic N) is 1. The Labute approximate surface area is 241 Å². The minimum atomic E-state index is 0.131. The summed E-state index contributed by atoms with van der Waals surface area (Å²) in [6.45, 7) is 6.90. The highest BCUT2D eigenvalue weighted by molar-refractivity contribution is 6.98. The van der Waals surface area contributed by atoms with Gasteiger partial charge in [-0.15, -0.1) is 0 Å². The lowest BCUT2D eigenvalue weighted by molar-refractivity contribution is 1.30. The molecule has 0 amide bonds. The van der Waals surface area contributed by atoms with Crippen molar-refractivity contribution in [2.24, 2.45) is 0 Å². The molecule has 1 aliphatic heterocycles. The van der Waals surface area contributed by atoms with E-state index < -0.39 is 0 Å². The van der Waals surface area contributed by atoms with Crippen LogP contribution < -0.4 is 21.3 Å². The predicted octanol–water partition coefficient (Wildman–Crippen LogP) is 8.37. The van der Waals surface area contributed by atoms with Crippen molar-refractivity contribution in [3.05, 3.63) is 144 Å².